The molecule has 0 aromatic rings. The van der Waals surface area contributed by atoms with Gasteiger partial charge in [0, 0.05) is 19.8 Å². The summed E-state index contributed by atoms with van der Waals surface area (Å²) in [6.07, 6.45) is 4.81. The van der Waals surface area contributed by atoms with Gasteiger partial charge in [0.05, 0.1) is 5.71 Å². The van der Waals surface area contributed by atoms with Crippen LogP contribution in [-0.2, 0) is 9.53 Å². The molecule has 0 heterocycles. The molecule has 1 aliphatic carbocycles. The van der Waals surface area contributed by atoms with Gasteiger partial charge in [-0.05, 0) is 0 Å². The van der Waals surface area contributed by atoms with Gasteiger partial charge in [0.25, 0.3) is 0 Å². The van der Waals surface area contributed by atoms with Crippen LogP contribution in [0.15, 0.2) is 12.2 Å². The van der Waals surface area contributed by atoms with Gasteiger partial charge < -0.3 is 10.1 Å². The lowest BCUT2D eigenvalue weighted by atomic mass is 10.0. The van der Waals surface area contributed by atoms with E-state index in [1.807, 2.05) is 12.2 Å². The summed E-state index contributed by atoms with van der Waals surface area (Å²) in [5.74, 6) is -0.310. The fraction of sp³-hybridized carbons (Fsp3) is 0.500. The Labute approximate surface area is 65.6 Å². The summed E-state index contributed by atoms with van der Waals surface area (Å²) in [6, 6.07) is 0. The highest BCUT2D eigenvalue weighted by Crippen LogP contribution is 2.10. The number of rotatable bonds is 1. The normalized spacial score (nSPS) is 23.4. The lowest BCUT2D eigenvalue weighted by Crippen LogP contribution is -2.26. The van der Waals surface area contributed by atoms with Gasteiger partial charge in [-0.1, -0.05) is 12.2 Å². The summed E-state index contributed by atoms with van der Waals surface area (Å²) in [4.78, 5) is 10.5. The van der Waals surface area contributed by atoms with E-state index >= 15 is 0 Å². The number of hydrogen-bond acceptors (Lipinski definition) is 3. The zero-order valence-corrected chi connectivity index (χ0v) is 6.46. The lowest BCUT2D eigenvalue weighted by molar-refractivity contribution is -0.143. The van der Waals surface area contributed by atoms with Crippen molar-refractivity contribution in [3.63, 3.8) is 0 Å². The molecular formula is C8H11NO2. The van der Waals surface area contributed by atoms with Crippen molar-refractivity contribution >= 4 is 11.7 Å². The van der Waals surface area contributed by atoms with E-state index in [1.165, 1.54) is 6.92 Å². The van der Waals surface area contributed by atoms with Crippen LogP contribution in [-0.4, -0.2) is 17.8 Å². The first-order valence-corrected chi connectivity index (χ1v) is 3.59. The molecule has 1 unspecified atom stereocenters. The van der Waals surface area contributed by atoms with E-state index in [0.717, 1.165) is 0 Å². The SMILES string of the molecule is CC(=O)OC1CC=CCC1=N. The number of esters is 1. The van der Waals surface area contributed by atoms with Crippen molar-refractivity contribution in [3.05, 3.63) is 12.2 Å². The highest BCUT2D eigenvalue weighted by atomic mass is 16.5. The van der Waals surface area contributed by atoms with Crippen LogP contribution in [0.2, 0.25) is 0 Å². The standard InChI is InChI=1S/C8H11NO2/c1-6(10)11-8-5-3-2-4-7(8)9/h2-3,8-9H,4-5H2,1H3. The molecule has 3 nitrogen and oxygen atoms in total. The second-order valence-electron chi connectivity index (χ2n) is 2.53. The van der Waals surface area contributed by atoms with Crippen LogP contribution >= 0.6 is 0 Å². The Morgan fingerprint density at radius 1 is 1.73 bits per heavy atom. The lowest BCUT2D eigenvalue weighted by Gasteiger charge is -2.18. The van der Waals surface area contributed by atoms with Crippen LogP contribution in [0.5, 0.6) is 0 Å². The van der Waals surface area contributed by atoms with Crippen molar-refractivity contribution in [2.75, 3.05) is 0 Å². The van der Waals surface area contributed by atoms with Crippen molar-refractivity contribution < 1.29 is 9.53 Å². The maximum absolute atomic E-state index is 10.5. The molecule has 0 saturated heterocycles. The van der Waals surface area contributed by atoms with E-state index in [4.69, 9.17) is 10.1 Å². The maximum atomic E-state index is 10.5. The molecular weight excluding hydrogens is 142 g/mol. The van der Waals surface area contributed by atoms with Gasteiger partial charge in [-0.2, -0.15) is 0 Å². The fourth-order valence-corrected chi connectivity index (χ4v) is 1.02. The van der Waals surface area contributed by atoms with Crippen molar-refractivity contribution in [2.24, 2.45) is 0 Å². The first-order valence-electron chi connectivity index (χ1n) is 3.59. The van der Waals surface area contributed by atoms with Crippen molar-refractivity contribution in [1.82, 2.24) is 0 Å². The van der Waals surface area contributed by atoms with Crippen molar-refractivity contribution in [2.45, 2.75) is 25.9 Å². The third-order valence-electron chi connectivity index (χ3n) is 1.55. The summed E-state index contributed by atoms with van der Waals surface area (Å²) in [5, 5.41) is 7.41. The summed E-state index contributed by atoms with van der Waals surface area (Å²) >= 11 is 0. The van der Waals surface area contributed by atoms with Gasteiger partial charge in [-0.3, -0.25) is 4.79 Å². The van der Waals surface area contributed by atoms with Crippen LogP contribution < -0.4 is 0 Å². The Hall–Kier alpha value is -1.12. The van der Waals surface area contributed by atoms with Crippen LogP contribution in [0.1, 0.15) is 19.8 Å². The molecule has 0 saturated carbocycles. The predicted molar refractivity (Wildman–Crippen MR) is 41.7 cm³/mol. The third-order valence-corrected chi connectivity index (χ3v) is 1.55. The van der Waals surface area contributed by atoms with Gasteiger partial charge in [0.2, 0.25) is 0 Å². The van der Waals surface area contributed by atoms with E-state index in [1.54, 1.807) is 0 Å². The highest BCUT2D eigenvalue weighted by Gasteiger charge is 2.17. The van der Waals surface area contributed by atoms with Crippen molar-refractivity contribution in [1.29, 1.82) is 5.41 Å². The minimum Gasteiger partial charge on any atom is -0.456 e. The van der Waals surface area contributed by atoms with Gasteiger partial charge in [-0.25, -0.2) is 0 Å². The summed E-state index contributed by atoms with van der Waals surface area (Å²) in [5.41, 5.74) is 0.489. The molecule has 0 aliphatic heterocycles. The van der Waals surface area contributed by atoms with E-state index in [-0.39, 0.29) is 12.1 Å². The number of allylic oxidation sites excluding steroid dienone is 1. The van der Waals surface area contributed by atoms with Crippen LogP contribution in [0, 0.1) is 5.41 Å². The van der Waals surface area contributed by atoms with E-state index < -0.39 is 0 Å². The molecule has 3 heteroatoms. The maximum Gasteiger partial charge on any atom is 0.303 e. The average molecular weight is 153 g/mol. The number of carbonyl (C=O) groups is 1. The molecule has 0 fully saturated rings. The largest absolute Gasteiger partial charge is 0.456 e. The molecule has 0 amide bonds. The third kappa shape index (κ3) is 2.18. The first kappa shape index (κ1) is 7.98. The Bertz CT molecular complexity index is 208. The molecule has 11 heavy (non-hydrogen) atoms. The van der Waals surface area contributed by atoms with Crippen molar-refractivity contribution in [3.8, 4) is 0 Å². The van der Waals surface area contributed by atoms with E-state index in [2.05, 4.69) is 0 Å². The second kappa shape index (κ2) is 3.32. The topological polar surface area (TPSA) is 50.2 Å². The zero-order chi connectivity index (χ0) is 8.27. The van der Waals surface area contributed by atoms with Crippen LogP contribution in [0.25, 0.3) is 0 Å². The van der Waals surface area contributed by atoms with Gasteiger partial charge >= 0.3 is 5.97 Å². The quantitative estimate of drug-likeness (QED) is 0.455. The molecule has 0 radical (unpaired) electrons. The highest BCUT2D eigenvalue weighted by molar-refractivity contribution is 5.89. The van der Waals surface area contributed by atoms with Gasteiger partial charge in [0.15, 0.2) is 0 Å². The van der Waals surface area contributed by atoms with E-state index in [9.17, 15) is 4.79 Å². The number of carbonyl (C=O) groups excluding carboxylic acids is 1. The Kier molecular flexibility index (Phi) is 2.41. The monoisotopic (exact) mass is 153 g/mol. The molecule has 1 N–H and O–H groups in total. The minimum atomic E-state index is -0.310. The molecule has 60 valence electrons. The number of hydrogen-bond donors (Lipinski definition) is 1. The molecule has 1 atom stereocenters. The average Bonchev–Trinajstić information content (AvgIpc) is 1.93. The van der Waals surface area contributed by atoms with Gasteiger partial charge in [0.1, 0.15) is 6.10 Å². The Morgan fingerprint density at radius 3 is 3.00 bits per heavy atom. The first-order chi connectivity index (χ1) is 5.20. The fourth-order valence-electron chi connectivity index (χ4n) is 1.02. The molecule has 0 aromatic heterocycles. The zero-order valence-electron chi connectivity index (χ0n) is 6.46. The number of ether oxygens (including phenoxy) is 1. The smallest absolute Gasteiger partial charge is 0.303 e. The second-order valence-corrected chi connectivity index (χ2v) is 2.53. The predicted octanol–water partition coefficient (Wildman–Crippen LogP) is 1.29. The van der Waals surface area contributed by atoms with Crippen LogP contribution in [0.4, 0.5) is 0 Å². The van der Waals surface area contributed by atoms with E-state index in [0.29, 0.717) is 18.6 Å². The van der Waals surface area contributed by atoms with Gasteiger partial charge in [-0.15, -0.1) is 0 Å². The minimum absolute atomic E-state index is 0.308. The summed E-state index contributed by atoms with van der Waals surface area (Å²) in [7, 11) is 0. The summed E-state index contributed by atoms with van der Waals surface area (Å²) in [6.45, 7) is 1.37. The van der Waals surface area contributed by atoms with Crippen LogP contribution in [0.3, 0.4) is 0 Å². The summed E-state index contributed by atoms with van der Waals surface area (Å²) < 4.78 is 4.89. The number of nitrogens with one attached hydrogen (secondary N) is 1. The Morgan fingerprint density at radius 2 is 2.45 bits per heavy atom. The molecule has 1 rings (SSSR count). The Balaban J connectivity index is 2.51. The molecule has 0 bridgehead atoms. The molecule has 0 aromatic carbocycles. The molecule has 0 spiro atoms. The molecule has 1 aliphatic rings.